The molecule has 6 heteroatoms. The molecule has 0 radical (unpaired) electrons. The number of hydrogen-bond acceptors (Lipinski definition) is 4. The third kappa shape index (κ3) is 3.34. The Labute approximate surface area is 146 Å². The zero-order valence-corrected chi connectivity index (χ0v) is 15.3. The van der Waals surface area contributed by atoms with Crippen LogP contribution in [0.5, 0.6) is 0 Å². The van der Waals surface area contributed by atoms with Crippen molar-refractivity contribution in [3.63, 3.8) is 0 Å². The number of aromatic nitrogens is 1. The minimum Gasteiger partial charge on any atom is -0.461 e. The number of carbonyl (C=O) groups is 2. The van der Waals surface area contributed by atoms with Gasteiger partial charge in [0, 0.05) is 13.1 Å². The Hall–Kier alpha value is -1.82. The second kappa shape index (κ2) is 6.97. The molecule has 5 nitrogen and oxygen atoms in total. The van der Waals surface area contributed by atoms with Crippen LogP contribution in [0.25, 0.3) is 10.2 Å². The number of esters is 1. The molecule has 0 spiro atoms. The molecule has 2 aromatic rings. The molecule has 1 saturated heterocycles. The monoisotopic (exact) mass is 348 g/mol. The number of thiophene rings is 1. The highest BCUT2D eigenvalue weighted by Crippen LogP contribution is 2.27. The smallest absolute Gasteiger partial charge is 0.355 e. The van der Waals surface area contributed by atoms with Gasteiger partial charge in [0.1, 0.15) is 12.2 Å². The molecule has 1 aliphatic rings. The van der Waals surface area contributed by atoms with Crippen LogP contribution in [0.3, 0.4) is 0 Å². The van der Waals surface area contributed by atoms with E-state index in [-0.39, 0.29) is 18.4 Å². The minimum absolute atomic E-state index is 0.0719. The van der Waals surface area contributed by atoms with Crippen LogP contribution in [0.4, 0.5) is 0 Å². The summed E-state index contributed by atoms with van der Waals surface area (Å²) in [4.78, 5) is 27.0. The quantitative estimate of drug-likeness (QED) is 0.796. The lowest BCUT2D eigenvalue weighted by Crippen LogP contribution is -2.44. The Balaban J connectivity index is 1.85. The van der Waals surface area contributed by atoms with E-state index in [9.17, 15) is 9.59 Å². The van der Waals surface area contributed by atoms with Crippen LogP contribution in [-0.2, 0) is 16.1 Å². The fraction of sp³-hybridized carbons (Fsp3) is 0.556. The van der Waals surface area contributed by atoms with Gasteiger partial charge in [-0.2, -0.15) is 0 Å². The molecule has 3 heterocycles. The van der Waals surface area contributed by atoms with E-state index in [0.717, 1.165) is 29.7 Å². The van der Waals surface area contributed by atoms with Crippen molar-refractivity contribution < 1.29 is 14.3 Å². The van der Waals surface area contributed by atoms with Gasteiger partial charge < -0.3 is 14.2 Å². The maximum atomic E-state index is 12.8. The van der Waals surface area contributed by atoms with Crippen LogP contribution in [0.2, 0.25) is 0 Å². The van der Waals surface area contributed by atoms with E-state index in [1.165, 1.54) is 0 Å². The zero-order valence-electron chi connectivity index (χ0n) is 14.4. The summed E-state index contributed by atoms with van der Waals surface area (Å²) in [6.07, 6.45) is 1.16. The van der Waals surface area contributed by atoms with Crippen molar-refractivity contribution in [2.75, 3.05) is 19.7 Å². The zero-order chi connectivity index (χ0) is 17.3. The molecule has 1 aliphatic heterocycles. The third-order valence-electron chi connectivity index (χ3n) is 4.52. The van der Waals surface area contributed by atoms with Crippen molar-refractivity contribution in [2.24, 2.45) is 11.8 Å². The lowest BCUT2D eigenvalue weighted by atomic mass is 9.92. The lowest BCUT2D eigenvalue weighted by Gasteiger charge is -2.35. The summed E-state index contributed by atoms with van der Waals surface area (Å²) in [6.45, 7) is 8.27. The number of fused-ring (bicyclic) bond motifs is 1. The first-order valence-corrected chi connectivity index (χ1v) is 9.39. The van der Waals surface area contributed by atoms with Crippen molar-refractivity contribution in [1.29, 1.82) is 0 Å². The second-order valence-electron chi connectivity index (χ2n) is 6.75. The molecule has 0 bridgehead atoms. The molecule has 2 aromatic heterocycles. The number of likely N-dealkylation sites (tertiary alicyclic amines) is 1. The van der Waals surface area contributed by atoms with Gasteiger partial charge in [-0.05, 0) is 42.7 Å². The molecule has 24 heavy (non-hydrogen) atoms. The summed E-state index contributed by atoms with van der Waals surface area (Å²) in [5.74, 6) is 0.748. The molecule has 0 N–H and O–H groups in total. The summed E-state index contributed by atoms with van der Waals surface area (Å²) in [5.41, 5.74) is 1.39. The number of amides is 1. The number of nitrogens with zero attached hydrogens (tertiary/aromatic N) is 2. The standard InChI is InChI=1S/C18H24N2O3S/c1-4-23-18(22)15-8-16-14(5-6-24-16)20(15)11-17(21)19-9-12(2)7-13(3)10-19/h5-6,8,12-13H,4,7,9-11H2,1-3H3/t12-,13-/m1/s1. The van der Waals surface area contributed by atoms with E-state index in [1.807, 2.05) is 22.4 Å². The largest absolute Gasteiger partial charge is 0.461 e. The van der Waals surface area contributed by atoms with Crippen LogP contribution < -0.4 is 0 Å². The summed E-state index contributed by atoms with van der Waals surface area (Å²) in [7, 11) is 0. The maximum Gasteiger partial charge on any atom is 0.355 e. The molecule has 0 aliphatic carbocycles. The van der Waals surface area contributed by atoms with Crippen LogP contribution in [0.1, 0.15) is 37.7 Å². The Bertz CT molecular complexity index is 739. The highest BCUT2D eigenvalue weighted by molar-refractivity contribution is 7.17. The second-order valence-corrected chi connectivity index (χ2v) is 7.70. The molecular weight excluding hydrogens is 324 g/mol. The highest BCUT2D eigenvalue weighted by Gasteiger charge is 2.27. The molecule has 3 rings (SSSR count). The first-order valence-electron chi connectivity index (χ1n) is 8.51. The van der Waals surface area contributed by atoms with Crippen molar-refractivity contribution in [3.05, 3.63) is 23.2 Å². The van der Waals surface area contributed by atoms with E-state index >= 15 is 0 Å². The topological polar surface area (TPSA) is 51.5 Å². The summed E-state index contributed by atoms with van der Waals surface area (Å²) >= 11 is 1.57. The molecule has 0 unspecified atom stereocenters. The molecule has 1 amide bonds. The number of ether oxygens (including phenoxy) is 1. The lowest BCUT2D eigenvalue weighted by molar-refractivity contribution is -0.134. The van der Waals surface area contributed by atoms with E-state index in [2.05, 4.69) is 13.8 Å². The SMILES string of the molecule is CCOC(=O)c1cc2sccc2n1CC(=O)N1C[C@H](C)C[C@@H](C)C1. The summed E-state index contributed by atoms with van der Waals surface area (Å²) in [6, 6.07) is 3.78. The number of piperidine rings is 1. The molecule has 0 saturated carbocycles. The maximum absolute atomic E-state index is 12.8. The van der Waals surface area contributed by atoms with Gasteiger partial charge in [-0.25, -0.2) is 4.79 Å². The minimum atomic E-state index is -0.367. The van der Waals surface area contributed by atoms with Crippen LogP contribution in [0, 0.1) is 11.8 Å². The van der Waals surface area contributed by atoms with Crippen molar-refractivity contribution in [3.8, 4) is 0 Å². The van der Waals surface area contributed by atoms with E-state index in [1.54, 1.807) is 22.8 Å². The van der Waals surface area contributed by atoms with E-state index < -0.39 is 0 Å². The molecule has 1 fully saturated rings. The average Bonchev–Trinajstić information content (AvgIpc) is 3.09. The van der Waals surface area contributed by atoms with E-state index in [4.69, 9.17) is 4.74 Å². The first-order chi connectivity index (χ1) is 11.5. The summed E-state index contributed by atoms with van der Waals surface area (Å²) < 4.78 is 7.96. The fourth-order valence-corrected chi connectivity index (χ4v) is 4.45. The molecule has 2 atom stereocenters. The molecule has 0 aromatic carbocycles. The van der Waals surface area contributed by atoms with Gasteiger partial charge in [-0.1, -0.05) is 13.8 Å². The van der Waals surface area contributed by atoms with Gasteiger partial charge in [0.25, 0.3) is 0 Å². The number of rotatable bonds is 4. The van der Waals surface area contributed by atoms with Gasteiger partial charge >= 0.3 is 5.97 Å². The fourth-order valence-electron chi connectivity index (χ4n) is 3.62. The third-order valence-corrected chi connectivity index (χ3v) is 5.38. The highest BCUT2D eigenvalue weighted by atomic mass is 32.1. The van der Waals surface area contributed by atoms with Crippen LogP contribution >= 0.6 is 11.3 Å². The number of carbonyl (C=O) groups excluding carboxylic acids is 2. The van der Waals surface area contributed by atoms with E-state index in [0.29, 0.717) is 24.1 Å². The van der Waals surface area contributed by atoms with Crippen LogP contribution in [0.15, 0.2) is 17.5 Å². The summed E-state index contributed by atoms with van der Waals surface area (Å²) in [5, 5.41) is 1.98. The predicted molar refractivity (Wildman–Crippen MR) is 95.3 cm³/mol. The van der Waals surface area contributed by atoms with Gasteiger partial charge in [0.2, 0.25) is 5.91 Å². The van der Waals surface area contributed by atoms with Gasteiger partial charge in [-0.3, -0.25) is 4.79 Å². The van der Waals surface area contributed by atoms with Crippen molar-refractivity contribution in [2.45, 2.75) is 33.7 Å². The van der Waals surface area contributed by atoms with Crippen molar-refractivity contribution in [1.82, 2.24) is 9.47 Å². The molecular formula is C18H24N2O3S. The van der Waals surface area contributed by atoms with Gasteiger partial charge in [-0.15, -0.1) is 11.3 Å². The van der Waals surface area contributed by atoms with Crippen LogP contribution in [-0.4, -0.2) is 41.0 Å². The Morgan fingerprint density at radius 2 is 2.00 bits per heavy atom. The average molecular weight is 348 g/mol. The normalized spacial score (nSPS) is 21.2. The Morgan fingerprint density at radius 3 is 2.67 bits per heavy atom. The predicted octanol–water partition coefficient (Wildman–Crippen LogP) is 3.38. The van der Waals surface area contributed by atoms with Gasteiger partial charge in [0.05, 0.1) is 16.8 Å². The number of hydrogen-bond donors (Lipinski definition) is 0. The Kier molecular flexibility index (Phi) is 4.94. The van der Waals surface area contributed by atoms with Crippen molar-refractivity contribution >= 4 is 33.4 Å². The van der Waals surface area contributed by atoms with Gasteiger partial charge in [0.15, 0.2) is 0 Å². The molecule has 130 valence electrons. The Morgan fingerprint density at radius 1 is 1.29 bits per heavy atom. The first kappa shape index (κ1) is 17.0.